The summed E-state index contributed by atoms with van der Waals surface area (Å²) in [5.74, 6) is 2.08. The van der Waals surface area contributed by atoms with Crippen LogP contribution < -0.4 is 19.1 Å². The van der Waals surface area contributed by atoms with Crippen molar-refractivity contribution in [2.24, 2.45) is 0 Å². The quantitative estimate of drug-likeness (QED) is 0.618. The van der Waals surface area contributed by atoms with Crippen molar-refractivity contribution < 1.29 is 14.2 Å². The number of piperazine rings is 1. The van der Waals surface area contributed by atoms with Gasteiger partial charge < -0.3 is 19.1 Å². The van der Waals surface area contributed by atoms with Crippen molar-refractivity contribution in [3.05, 3.63) is 53.7 Å². The maximum atomic E-state index is 5.65. The lowest BCUT2D eigenvalue weighted by Gasteiger charge is -2.36. The molecule has 6 heteroatoms. The molecule has 1 aromatic heterocycles. The van der Waals surface area contributed by atoms with Crippen molar-refractivity contribution in [1.82, 2.24) is 9.88 Å². The third-order valence-electron chi connectivity index (χ3n) is 5.77. The first-order valence-corrected chi connectivity index (χ1v) is 10.2. The van der Waals surface area contributed by atoms with Gasteiger partial charge in [-0.25, -0.2) is 0 Å². The highest BCUT2D eigenvalue weighted by molar-refractivity contribution is 5.92. The fraction of sp³-hybridized carbons (Fsp3) is 0.375. The molecule has 0 spiro atoms. The summed E-state index contributed by atoms with van der Waals surface area (Å²) in [6.45, 7) is 6.85. The number of aryl methyl sites for hydroxylation is 1. The van der Waals surface area contributed by atoms with E-state index in [4.69, 9.17) is 14.2 Å². The monoisotopic (exact) mass is 407 g/mol. The van der Waals surface area contributed by atoms with Gasteiger partial charge in [-0.05, 0) is 31.2 Å². The lowest BCUT2D eigenvalue weighted by atomic mass is 10.1. The summed E-state index contributed by atoms with van der Waals surface area (Å²) in [5.41, 5.74) is 4.69. The van der Waals surface area contributed by atoms with E-state index in [2.05, 4.69) is 52.0 Å². The molecule has 158 valence electrons. The summed E-state index contributed by atoms with van der Waals surface area (Å²) >= 11 is 0. The second-order valence-electron chi connectivity index (χ2n) is 7.61. The van der Waals surface area contributed by atoms with E-state index < -0.39 is 0 Å². The minimum Gasteiger partial charge on any atom is -0.493 e. The van der Waals surface area contributed by atoms with Crippen LogP contribution in [0, 0.1) is 6.92 Å². The van der Waals surface area contributed by atoms with Crippen molar-refractivity contribution in [3.63, 3.8) is 0 Å². The van der Waals surface area contributed by atoms with Gasteiger partial charge in [-0.15, -0.1) is 0 Å². The fourth-order valence-corrected chi connectivity index (χ4v) is 4.20. The molecule has 1 aliphatic rings. The second-order valence-corrected chi connectivity index (χ2v) is 7.61. The molecule has 3 aromatic rings. The van der Waals surface area contributed by atoms with E-state index >= 15 is 0 Å². The van der Waals surface area contributed by atoms with Gasteiger partial charge >= 0.3 is 0 Å². The molecule has 0 saturated carbocycles. The largest absolute Gasteiger partial charge is 0.493 e. The van der Waals surface area contributed by atoms with Gasteiger partial charge in [-0.3, -0.25) is 9.88 Å². The van der Waals surface area contributed by atoms with Crippen molar-refractivity contribution >= 4 is 16.6 Å². The van der Waals surface area contributed by atoms with E-state index in [1.807, 2.05) is 12.3 Å². The number of hydrogen-bond acceptors (Lipinski definition) is 6. The van der Waals surface area contributed by atoms with Crippen LogP contribution in [0.1, 0.15) is 11.1 Å². The molecule has 4 rings (SSSR count). The fourth-order valence-electron chi connectivity index (χ4n) is 4.20. The summed E-state index contributed by atoms with van der Waals surface area (Å²) in [6, 6.07) is 12.6. The Kier molecular flexibility index (Phi) is 5.95. The van der Waals surface area contributed by atoms with Crippen molar-refractivity contribution in [3.8, 4) is 17.2 Å². The van der Waals surface area contributed by atoms with E-state index in [1.165, 1.54) is 16.6 Å². The minimum atomic E-state index is 0.648. The van der Waals surface area contributed by atoms with Crippen LogP contribution in [0.5, 0.6) is 17.2 Å². The topological polar surface area (TPSA) is 47.1 Å². The van der Waals surface area contributed by atoms with Crippen LogP contribution in [-0.2, 0) is 6.54 Å². The molecule has 0 unspecified atom stereocenters. The average Bonchev–Trinajstić information content (AvgIpc) is 2.78. The number of benzene rings is 2. The predicted octanol–water partition coefficient (Wildman–Crippen LogP) is 3.89. The lowest BCUT2D eigenvalue weighted by Crippen LogP contribution is -2.46. The Bertz CT molecular complexity index is 1030. The highest BCUT2D eigenvalue weighted by atomic mass is 16.5. The third kappa shape index (κ3) is 3.87. The van der Waals surface area contributed by atoms with Crippen LogP contribution in [0.25, 0.3) is 10.9 Å². The Morgan fingerprint density at radius 1 is 0.867 bits per heavy atom. The normalized spacial score (nSPS) is 14.7. The molecule has 0 radical (unpaired) electrons. The molecule has 1 fully saturated rings. The Labute approximate surface area is 178 Å². The highest BCUT2D eigenvalue weighted by Gasteiger charge is 2.22. The van der Waals surface area contributed by atoms with Crippen LogP contribution in [-0.4, -0.2) is 57.4 Å². The number of aromatic nitrogens is 1. The third-order valence-corrected chi connectivity index (χ3v) is 5.77. The van der Waals surface area contributed by atoms with E-state index in [9.17, 15) is 0 Å². The standard InChI is InChI=1S/C24H29N3O3/c1-17-5-7-20-19(15-17)21(9-10-25-20)27-13-11-26(12-14-27)16-18-6-8-22(28-2)24(30-4)23(18)29-3/h5-10,15H,11-14,16H2,1-4H3. The summed E-state index contributed by atoms with van der Waals surface area (Å²) in [6.07, 6.45) is 1.91. The van der Waals surface area contributed by atoms with Crippen LogP contribution in [0.4, 0.5) is 5.69 Å². The number of pyridine rings is 1. The smallest absolute Gasteiger partial charge is 0.203 e. The van der Waals surface area contributed by atoms with Gasteiger partial charge in [0, 0.05) is 55.6 Å². The maximum Gasteiger partial charge on any atom is 0.203 e. The Morgan fingerprint density at radius 3 is 2.33 bits per heavy atom. The zero-order valence-electron chi connectivity index (χ0n) is 18.1. The van der Waals surface area contributed by atoms with Crippen LogP contribution in [0.3, 0.4) is 0 Å². The number of anilines is 1. The van der Waals surface area contributed by atoms with Gasteiger partial charge in [0.1, 0.15) is 0 Å². The van der Waals surface area contributed by atoms with Crippen molar-refractivity contribution in [1.29, 1.82) is 0 Å². The molecule has 6 nitrogen and oxygen atoms in total. The van der Waals surface area contributed by atoms with Gasteiger partial charge in [-0.2, -0.15) is 0 Å². The molecular formula is C24H29N3O3. The maximum absolute atomic E-state index is 5.65. The average molecular weight is 408 g/mol. The zero-order chi connectivity index (χ0) is 21.1. The van der Waals surface area contributed by atoms with E-state index in [0.29, 0.717) is 11.5 Å². The number of methoxy groups -OCH3 is 3. The van der Waals surface area contributed by atoms with Gasteiger partial charge in [0.05, 0.1) is 26.8 Å². The molecule has 0 amide bonds. The van der Waals surface area contributed by atoms with Gasteiger partial charge in [0.15, 0.2) is 11.5 Å². The number of ether oxygens (including phenoxy) is 3. The molecular weight excluding hydrogens is 378 g/mol. The van der Waals surface area contributed by atoms with Crippen molar-refractivity contribution in [2.75, 3.05) is 52.4 Å². The number of rotatable bonds is 6. The molecule has 30 heavy (non-hydrogen) atoms. The first-order valence-electron chi connectivity index (χ1n) is 10.2. The molecule has 2 aromatic carbocycles. The van der Waals surface area contributed by atoms with E-state index in [1.54, 1.807) is 21.3 Å². The molecule has 0 aliphatic carbocycles. The second kappa shape index (κ2) is 8.79. The number of fused-ring (bicyclic) bond motifs is 1. The number of hydrogen-bond donors (Lipinski definition) is 0. The van der Waals surface area contributed by atoms with Crippen molar-refractivity contribution in [2.45, 2.75) is 13.5 Å². The molecule has 1 aliphatic heterocycles. The molecule has 1 saturated heterocycles. The Hall–Kier alpha value is -2.99. The summed E-state index contributed by atoms with van der Waals surface area (Å²) in [7, 11) is 4.96. The number of nitrogens with zero attached hydrogens (tertiary/aromatic N) is 3. The Balaban J connectivity index is 1.49. The highest BCUT2D eigenvalue weighted by Crippen LogP contribution is 2.40. The SMILES string of the molecule is COc1ccc(CN2CCN(c3ccnc4ccc(C)cc34)CC2)c(OC)c1OC. The van der Waals surface area contributed by atoms with Crippen LogP contribution >= 0.6 is 0 Å². The Morgan fingerprint density at radius 2 is 1.63 bits per heavy atom. The first kappa shape index (κ1) is 20.3. The summed E-state index contributed by atoms with van der Waals surface area (Å²) in [5, 5.41) is 1.23. The molecule has 0 bridgehead atoms. The zero-order valence-corrected chi connectivity index (χ0v) is 18.1. The van der Waals surface area contributed by atoms with Crippen LogP contribution in [0.15, 0.2) is 42.6 Å². The van der Waals surface area contributed by atoms with Gasteiger partial charge in [0.2, 0.25) is 5.75 Å². The molecule has 2 heterocycles. The van der Waals surface area contributed by atoms with E-state index in [-0.39, 0.29) is 0 Å². The first-order chi connectivity index (χ1) is 14.6. The summed E-state index contributed by atoms with van der Waals surface area (Å²) in [4.78, 5) is 9.44. The summed E-state index contributed by atoms with van der Waals surface area (Å²) < 4.78 is 16.6. The van der Waals surface area contributed by atoms with Gasteiger partial charge in [-0.1, -0.05) is 17.7 Å². The van der Waals surface area contributed by atoms with E-state index in [0.717, 1.165) is 49.6 Å². The minimum absolute atomic E-state index is 0.648. The molecule has 0 N–H and O–H groups in total. The lowest BCUT2D eigenvalue weighted by molar-refractivity contribution is 0.244. The van der Waals surface area contributed by atoms with Crippen LogP contribution in [0.2, 0.25) is 0 Å². The predicted molar refractivity (Wildman–Crippen MR) is 120 cm³/mol. The van der Waals surface area contributed by atoms with Gasteiger partial charge in [0.25, 0.3) is 0 Å². The molecule has 0 atom stereocenters.